The molecule has 0 saturated heterocycles. The zero-order chi connectivity index (χ0) is 10.3. The molecular weight excluding hydrogens is 162 g/mol. The van der Waals surface area contributed by atoms with E-state index in [4.69, 9.17) is 0 Å². The van der Waals surface area contributed by atoms with Gasteiger partial charge in [0.15, 0.2) is 0 Å². The first-order chi connectivity index (χ1) is 6.06. The average Bonchev–Trinajstić information content (AvgIpc) is 2.01. The molecule has 0 N–H and O–H groups in total. The van der Waals surface area contributed by atoms with E-state index in [9.17, 15) is 4.79 Å². The van der Waals surface area contributed by atoms with Gasteiger partial charge >= 0.3 is 0 Å². The molecule has 0 aliphatic rings. The van der Waals surface area contributed by atoms with Crippen LogP contribution in [-0.2, 0) is 4.79 Å². The molecule has 0 saturated carbocycles. The zero-order valence-corrected chi connectivity index (χ0v) is 9.47. The smallest absolute Gasteiger partial charge is 0.129 e. The van der Waals surface area contributed by atoms with E-state index < -0.39 is 0 Å². The number of carbonyl (C=O) groups excluding carboxylic acids is 1. The predicted octanol–water partition coefficient (Wildman–Crippen LogP) is 2.33. The molecule has 78 valence electrons. The quantitative estimate of drug-likeness (QED) is 0.606. The van der Waals surface area contributed by atoms with Gasteiger partial charge in [-0.15, -0.1) is 0 Å². The lowest BCUT2D eigenvalue weighted by Gasteiger charge is -2.21. The third kappa shape index (κ3) is 7.97. The first-order valence-electron chi connectivity index (χ1n) is 5.28. The first kappa shape index (κ1) is 12.6. The topological polar surface area (TPSA) is 20.3 Å². The average molecular weight is 185 g/mol. The molecule has 0 atom stereocenters. The normalized spacial score (nSPS) is 11.2. The van der Waals surface area contributed by atoms with Crippen molar-refractivity contribution in [3.8, 4) is 0 Å². The van der Waals surface area contributed by atoms with Crippen LogP contribution in [-0.4, -0.2) is 30.3 Å². The maximum atomic E-state index is 10.7. The predicted molar refractivity (Wildman–Crippen MR) is 56.9 cm³/mol. The van der Waals surface area contributed by atoms with Crippen molar-refractivity contribution in [2.24, 2.45) is 5.92 Å². The molecule has 0 fully saturated rings. The highest BCUT2D eigenvalue weighted by atomic mass is 16.1. The Hall–Kier alpha value is -0.370. The van der Waals surface area contributed by atoms with Gasteiger partial charge in [-0.1, -0.05) is 20.8 Å². The van der Waals surface area contributed by atoms with Crippen LogP contribution in [0.4, 0.5) is 0 Å². The summed E-state index contributed by atoms with van der Waals surface area (Å²) in [5, 5.41) is 0. The van der Waals surface area contributed by atoms with Gasteiger partial charge in [-0.05, 0) is 32.4 Å². The summed E-state index contributed by atoms with van der Waals surface area (Å²) < 4.78 is 0. The van der Waals surface area contributed by atoms with Gasteiger partial charge in [0, 0.05) is 13.0 Å². The van der Waals surface area contributed by atoms with E-state index in [0.717, 1.165) is 38.4 Å². The van der Waals surface area contributed by atoms with Crippen LogP contribution < -0.4 is 0 Å². The van der Waals surface area contributed by atoms with Crippen LogP contribution in [0.1, 0.15) is 40.5 Å². The van der Waals surface area contributed by atoms with E-state index in [1.165, 1.54) is 0 Å². The van der Waals surface area contributed by atoms with Crippen LogP contribution in [0.5, 0.6) is 0 Å². The monoisotopic (exact) mass is 185 g/mol. The SMILES string of the molecule is CCN(CCCC(C)=O)CC(C)C. The van der Waals surface area contributed by atoms with E-state index in [1.807, 2.05) is 0 Å². The Kier molecular flexibility index (Phi) is 6.87. The number of hydrogen-bond donors (Lipinski definition) is 0. The Balaban J connectivity index is 3.53. The third-order valence-corrected chi connectivity index (χ3v) is 2.07. The van der Waals surface area contributed by atoms with Crippen LogP contribution >= 0.6 is 0 Å². The van der Waals surface area contributed by atoms with E-state index in [1.54, 1.807) is 6.92 Å². The summed E-state index contributed by atoms with van der Waals surface area (Å²) in [5.74, 6) is 1.03. The number of carbonyl (C=O) groups is 1. The fourth-order valence-corrected chi connectivity index (χ4v) is 1.45. The fraction of sp³-hybridized carbons (Fsp3) is 0.909. The van der Waals surface area contributed by atoms with Crippen LogP contribution in [0.25, 0.3) is 0 Å². The fourth-order valence-electron chi connectivity index (χ4n) is 1.45. The van der Waals surface area contributed by atoms with Gasteiger partial charge in [-0.25, -0.2) is 0 Å². The highest BCUT2D eigenvalue weighted by molar-refractivity contribution is 5.75. The Bertz CT molecular complexity index is 143. The van der Waals surface area contributed by atoms with Gasteiger partial charge in [0.2, 0.25) is 0 Å². The summed E-state index contributed by atoms with van der Waals surface area (Å²) in [6.45, 7) is 11.6. The van der Waals surface area contributed by atoms with Crippen molar-refractivity contribution in [1.82, 2.24) is 4.90 Å². The molecule has 0 aromatic heterocycles. The molecule has 0 spiro atoms. The third-order valence-electron chi connectivity index (χ3n) is 2.07. The number of rotatable bonds is 7. The number of nitrogens with zero attached hydrogens (tertiary/aromatic N) is 1. The number of ketones is 1. The van der Waals surface area contributed by atoms with E-state index in [2.05, 4.69) is 25.7 Å². The molecule has 13 heavy (non-hydrogen) atoms. The van der Waals surface area contributed by atoms with Crippen molar-refractivity contribution in [3.05, 3.63) is 0 Å². The van der Waals surface area contributed by atoms with E-state index >= 15 is 0 Å². The van der Waals surface area contributed by atoms with Crippen LogP contribution in [0.2, 0.25) is 0 Å². The summed E-state index contributed by atoms with van der Waals surface area (Å²) in [7, 11) is 0. The minimum absolute atomic E-state index is 0.306. The largest absolute Gasteiger partial charge is 0.303 e. The Morgan fingerprint density at radius 1 is 1.38 bits per heavy atom. The summed E-state index contributed by atoms with van der Waals surface area (Å²) in [6.07, 6.45) is 1.74. The second-order valence-corrected chi connectivity index (χ2v) is 4.09. The Labute approximate surface area is 82.3 Å². The van der Waals surface area contributed by atoms with Crippen molar-refractivity contribution >= 4 is 5.78 Å². The van der Waals surface area contributed by atoms with Crippen LogP contribution in [0, 0.1) is 5.92 Å². The van der Waals surface area contributed by atoms with Crippen molar-refractivity contribution < 1.29 is 4.79 Å². The molecule has 2 nitrogen and oxygen atoms in total. The second kappa shape index (κ2) is 7.07. The molecule has 0 aromatic rings. The van der Waals surface area contributed by atoms with Crippen molar-refractivity contribution in [3.63, 3.8) is 0 Å². The molecule has 2 heteroatoms. The van der Waals surface area contributed by atoms with Gasteiger partial charge in [0.05, 0.1) is 0 Å². The van der Waals surface area contributed by atoms with Crippen molar-refractivity contribution in [2.45, 2.75) is 40.5 Å². The highest BCUT2D eigenvalue weighted by Crippen LogP contribution is 2.01. The van der Waals surface area contributed by atoms with E-state index in [0.29, 0.717) is 5.78 Å². The van der Waals surface area contributed by atoms with Crippen LogP contribution in [0.15, 0.2) is 0 Å². The maximum absolute atomic E-state index is 10.7. The molecular formula is C11H23NO. The molecule has 0 radical (unpaired) electrons. The molecule has 0 bridgehead atoms. The summed E-state index contributed by atoms with van der Waals surface area (Å²) >= 11 is 0. The Morgan fingerprint density at radius 2 is 2.00 bits per heavy atom. The molecule has 0 aromatic carbocycles. The second-order valence-electron chi connectivity index (χ2n) is 4.09. The summed E-state index contributed by atoms with van der Waals surface area (Å²) in [5.41, 5.74) is 0. The van der Waals surface area contributed by atoms with Gasteiger partial charge in [0.1, 0.15) is 5.78 Å². The lowest BCUT2D eigenvalue weighted by Crippen LogP contribution is -2.28. The minimum atomic E-state index is 0.306. The van der Waals surface area contributed by atoms with Gasteiger partial charge < -0.3 is 9.69 Å². The molecule has 0 rings (SSSR count). The molecule has 0 unspecified atom stereocenters. The molecule has 0 amide bonds. The standard InChI is InChI=1S/C11H23NO/c1-5-12(9-10(2)3)8-6-7-11(4)13/h10H,5-9H2,1-4H3. The summed E-state index contributed by atoms with van der Waals surface area (Å²) in [6, 6.07) is 0. The highest BCUT2D eigenvalue weighted by Gasteiger charge is 2.04. The number of Topliss-reactive ketones (excluding diaryl/α,β-unsaturated/α-hetero) is 1. The van der Waals surface area contributed by atoms with Crippen molar-refractivity contribution in [2.75, 3.05) is 19.6 Å². The van der Waals surface area contributed by atoms with Crippen molar-refractivity contribution in [1.29, 1.82) is 0 Å². The van der Waals surface area contributed by atoms with E-state index in [-0.39, 0.29) is 0 Å². The zero-order valence-electron chi connectivity index (χ0n) is 9.47. The minimum Gasteiger partial charge on any atom is -0.303 e. The van der Waals surface area contributed by atoms with Gasteiger partial charge in [-0.2, -0.15) is 0 Å². The molecule has 0 aliphatic carbocycles. The van der Waals surface area contributed by atoms with Gasteiger partial charge in [0.25, 0.3) is 0 Å². The van der Waals surface area contributed by atoms with Gasteiger partial charge in [-0.3, -0.25) is 0 Å². The lowest BCUT2D eigenvalue weighted by molar-refractivity contribution is -0.117. The maximum Gasteiger partial charge on any atom is 0.129 e. The molecule has 0 aliphatic heterocycles. The van der Waals surface area contributed by atoms with Crippen LogP contribution in [0.3, 0.4) is 0 Å². The molecule has 0 heterocycles. The lowest BCUT2D eigenvalue weighted by atomic mass is 10.2. The Morgan fingerprint density at radius 3 is 2.38 bits per heavy atom. The first-order valence-corrected chi connectivity index (χ1v) is 5.28. The number of hydrogen-bond acceptors (Lipinski definition) is 2. The summed E-state index contributed by atoms with van der Waals surface area (Å²) in [4.78, 5) is 13.1.